The first-order chi connectivity index (χ1) is 13.2. The normalized spacial score (nSPS) is 15.3. The summed E-state index contributed by atoms with van der Waals surface area (Å²) in [5.41, 5.74) is 2.35. The Morgan fingerprint density at radius 3 is 2.52 bits per heavy atom. The van der Waals surface area contributed by atoms with Gasteiger partial charge in [-0.05, 0) is 48.9 Å². The number of benzene rings is 2. The van der Waals surface area contributed by atoms with E-state index in [1.807, 2.05) is 43.3 Å². The van der Waals surface area contributed by atoms with Gasteiger partial charge in [-0.3, -0.25) is 4.79 Å². The number of hydrogen-bond donors (Lipinski definition) is 2. The SMILES string of the molecule is COc1ccc([C@@H](CNC(=O)COc2cccc(C)c2)[NH+]2CCCC2)cc1. The van der Waals surface area contributed by atoms with Crippen molar-refractivity contribution in [3.8, 4) is 11.5 Å². The maximum atomic E-state index is 12.3. The number of likely N-dealkylation sites (tertiary alicyclic amines) is 1. The molecule has 2 aromatic rings. The van der Waals surface area contributed by atoms with Gasteiger partial charge >= 0.3 is 0 Å². The summed E-state index contributed by atoms with van der Waals surface area (Å²) in [6.07, 6.45) is 2.48. The number of quaternary nitrogens is 1. The zero-order valence-electron chi connectivity index (χ0n) is 16.2. The molecule has 1 atom stereocenters. The van der Waals surface area contributed by atoms with Crippen LogP contribution in [0.15, 0.2) is 48.5 Å². The van der Waals surface area contributed by atoms with Gasteiger partial charge in [0.05, 0.1) is 26.7 Å². The van der Waals surface area contributed by atoms with E-state index < -0.39 is 0 Å². The first-order valence-corrected chi connectivity index (χ1v) is 9.60. The average Bonchev–Trinajstić information content (AvgIpc) is 3.21. The second kappa shape index (κ2) is 9.42. The van der Waals surface area contributed by atoms with E-state index in [-0.39, 0.29) is 18.6 Å². The minimum atomic E-state index is -0.0892. The molecule has 5 nitrogen and oxygen atoms in total. The fourth-order valence-corrected chi connectivity index (χ4v) is 3.63. The Morgan fingerprint density at radius 1 is 1.11 bits per heavy atom. The van der Waals surface area contributed by atoms with Gasteiger partial charge in [-0.1, -0.05) is 12.1 Å². The number of carbonyl (C=O) groups excluding carboxylic acids is 1. The second-order valence-electron chi connectivity index (χ2n) is 7.10. The summed E-state index contributed by atoms with van der Waals surface area (Å²) in [6.45, 7) is 4.94. The van der Waals surface area contributed by atoms with Gasteiger partial charge in [0.15, 0.2) is 6.61 Å². The minimum absolute atomic E-state index is 0.0358. The lowest BCUT2D eigenvalue weighted by Crippen LogP contribution is -3.11. The highest BCUT2D eigenvalue weighted by Gasteiger charge is 2.27. The lowest BCUT2D eigenvalue weighted by Gasteiger charge is -2.25. The summed E-state index contributed by atoms with van der Waals surface area (Å²) < 4.78 is 10.9. The molecule has 1 saturated heterocycles. The number of carbonyl (C=O) groups is 1. The Kier molecular flexibility index (Phi) is 6.71. The van der Waals surface area contributed by atoms with Crippen LogP contribution in [-0.2, 0) is 4.79 Å². The molecule has 1 aliphatic heterocycles. The van der Waals surface area contributed by atoms with Crippen LogP contribution in [0.25, 0.3) is 0 Å². The standard InChI is InChI=1S/C22H28N2O3/c1-17-6-5-7-20(14-17)27-16-22(25)23-15-21(24-12-3-4-13-24)18-8-10-19(26-2)11-9-18/h5-11,14,21H,3-4,12-13,15-16H2,1-2H3,(H,23,25)/p+1/t21-/m1/s1. The highest BCUT2D eigenvalue weighted by atomic mass is 16.5. The van der Waals surface area contributed by atoms with Crippen molar-refractivity contribution in [2.75, 3.05) is 33.4 Å². The molecule has 0 unspecified atom stereocenters. The van der Waals surface area contributed by atoms with Crippen LogP contribution in [-0.4, -0.2) is 39.3 Å². The smallest absolute Gasteiger partial charge is 0.258 e. The predicted molar refractivity (Wildman–Crippen MR) is 105 cm³/mol. The van der Waals surface area contributed by atoms with E-state index in [1.54, 1.807) is 7.11 Å². The number of nitrogens with one attached hydrogen (secondary N) is 2. The van der Waals surface area contributed by atoms with Gasteiger partial charge in [-0.15, -0.1) is 0 Å². The Balaban J connectivity index is 1.57. The summed E-state index contributed by atoms with van der Waals surface area (Å²) in [5.74, 6) is 1.49. The topological polar surface area (TPSA) is 52.0 Å². The predicted octanol–water partition coefficient (Wildman–Crippen LogP) is 1.92. The molecule has 1 fully saturated rings. The van der Waals surface area contributed by atoms with E-state index in [0.717, 1.165) is 30.2 Å². The van der Waals surface area contributed by atoms with Crippen molar-refractivity contribution < 1.29 is 19.2 Å². The number of rotatable bonds is 8. The Hall–Kier alpha value is -2.53. The summed E-state index contributed by atoms with van der Waals surface area (Å²) in [7, 11) is 1.67. The van der Waals surface area contributed by atoms with Crippen molar-refractivity contribution in [1.82, 2.24) is 5.32 Å². The van der Waals surface area contributed by atoms with Crippen LogP contribution in [0.3, 0.4) is 0 Å². The number of aryl methyl sites for hydroxylation is 1. The van der Waals surface area contributed by atoms with Crippen LogP contribution < -0.4 is 19.7 Å². The Bertz CT molecular complexity index is 739. The molecule has 144 valence electrons. The van der Waals surface area contributed by atoms with Crippen LogP contribution >= 0.6 is 0 Å². The van der Waals surface area contributed by atoms with Crippen LogP contribution in [0.5, 0.6) is 11.5 Å². The molecule has 3 rings (SSSR count). The number of amides is 1. The van der Waals surface area contributed by atoms with Gasteiger partial charge in [0, 0.05) is 18.4 Å². The molecule has 5 heteroatoms. The molecule has 2 N–H and O–H groups in total. The van der Waals surface area contributed by atoms with E-state index in [0.29, 0.717) is 6.54 Å². The van der Waals surface area contributed by atoms with E-state index in [9.17, 15) is 4.79 Å². The first-order valence-electron chi connectivity index (χ1n) is 9.60. The molecule has 0 spiro atoms. The molecule has 0 aromatic heterocycles. The summed E-state index contributed by atoms with van der Waals surface area (Å²) in [6, 6.07) is 16.2. The summed E-state index contributed by atoms with van der Waals surface area (Å²) in [5, 5.41) is 3.06. The number of methoxy groups -OCH3 is 1. The van der Waals surface area contributed by atoms with Gasteiger partial charge < -0.3 is 19.7 Å². The molecule has 1 heterocycles. The highest BCUT2D eigenvalue weighted by molar-refractivity contribution is 5.77. The fourth-order valence-electron chi connectivity index (χ4n) is 3.63. The van der Waals surface area contributed by atoms with E-state index in [2.05, 4.69) is 17.4 Å². The van der Waals surface area contributed by atoms with Crippen LogP contribution in [0, 0.1) is 6.92 Å². The maximum Gasteiger partial charge on any atom is 0.258 e. The fraction of sp³-hybridized carbons (Fsp3) is 0.409. The maximum absolute atomic E-state index is 12.3. The van der Waals surface area contributed by atoms with E-state index in [4.69, 9.17) is 9.47 Å². The van der Waals surface area contributed by atoms with E-state index in [1.165, 1.54) is 23.3 Å². The largest absolute Gasteiger partial charge is 0.497 e. The van der Waals surface area contributed by atoms with Crippen LogP contribution in [0.2, 0.25) is 0 Å². The van der Waals surface area contributed by atoms with E-state index >= 15 is 0 Å². The molecule has 0 radical (unpaired) electrons. The van der Waals surface area contributed by atoms with Crippen molar-refractivity contribution in [3.63, 3.8) is 0 Å². The zero-order chi connectivity index (χ0) is 19.1. The second-order valence-corrected chi connectivity index (χ2v) is 7.10. The van der Waals surface area contributed by atoms with Crippen molar-refractivity contribution in [3.05, 3.63) is 59.7 Å². The monoisotopic (exact) mass is 369 g/mol. The first kappa shape index (κ1) is 19.2. The summed E-state index contributed by atoms with van der Waals surface area (Å²) >= 11 is 0. The third-order valence-electron chi connectivity index (χ3n) is 5.12. The zero-order valence-corrected chi connectivity index (χ0v) is 16.2. The van der Waals surface area contributed by atoms with Crippen molar-refractivity contribution in [2.45, 2.75) is 25.8 Å². The van der Waals surface area contributed by atoms with Crippen molar-refractivity contribution in [2.24, 2.45) is 0 Å². The molecular weight excluding hydrogens is 340 g/mol. The number of ether oxygens (including phenoxy) is 2. The lowest BCUT2D eigenvalue weighted by atomic mass is 10.1. The molecule has 0 saturated carbocycles. The molecule has 0 bridgehead atoms. The average molecular weight is 369 g/mol. The molecule has 1 aliphatic rings. The van der Waals surface area contributed by atoms with Crippen molar-refractivity contribution in [1.29, 1.82) is 0 Å². The third-order valence-corrected chi connectivity index (χ3v) is 5.12. The lowest BCUT2D eigenvalue weighted by molar-refractivity contribution is -0.918. The molecule has 2 aromatic carbocycles. The molecule has 27 heavy (non-hydrogen) atoms. The molecule has 0 aliphatic carbocycles. The van der Waals surface area contributed by atoms with Gasteiger partial charge in [-0.2, -0.15) is 0 Å². The van der Waals surface area contributed by atoms with Gasteiger partial charge in [0.2, 0.25) is 0 Å². The quantitative estimate of drug-likeness (QED) is 0.748. The van der Waals surface area contributed by atoms with Crippen LogP contribution in [0.4, 0.5) is 0 Å². The molecule has 1 amide bonds. The van der Waals surface area contributed by atoms with Crippen molar-refractivity contribution >= 4 is 5.91 Å². The summed E-state index contributed by atoms with van der Waals surface area (Å²) in [4.78, 5) is 13.8. The van der Waals surface area contributed by atoms with Gasteiger partial charge in [0.1, 0.15) is 17.5 Å². The number of hydrogen-bond acceptors (Lipinski definition) is 3. The Labute approximate surface area is 161 Å². The highest BCUT2D eigenvalue weighted by Crippen LogP contribution is 2.17. The molecular formula is C22H29N2O3+. The van der Waals surface area contributed by atoms with Crippen LogP contribution in [0.1, 0.15) is 30.0 Å². The minimum Gasteiger partial charge on any atom is -0.497 e. The third kappa shape index (κ3) is 5.47. The Morgan fingerprint density at radius 2 is 1.85 bits per heavy atom. The van der Waals surface area contributed by atoms with Gasteiger partial charge in [0.25, 0.3) is 5.91 Å². The van der Waals surface area contributed by atoms with Gasteiger partial charge in [-0.25, -0.2) is 0 Å².